The summed E-state index contributed by atoms with van der Waals surface area (Å²) in [5.74, 6) is 1.72. The largest absolute Gasteiger partial charge is 0.457 e. The fourth-order valence-corrected chi connectivity index (χ4v) is 1.56. The van der Waals surface area contributed by atoms with Gasteiger partial charge < -0.3 is 10.1 Å². The summed E-state index contributed by atoms with van der Waals surface area (Å²) < 4.78 is 5.76. The van der Waals surface area contributed by atoms with Crippen molar-refractivity contribution < 1.29 is 4.74 Å². The van der Waals surface area contributed by atoms with Gasteiger partial charge in [0.15, 0.2) is 0 Å². The zero-order chi connectivity index (χ0) is 11.9. The van der Waals surface area contributed by atoms with Crippen molar-refractivity contribution in [3.05, 3.63) is 54.6 Å². The highest BCUT2D eigenvalue weighted by molar-refractivity contribution is 5.49. The lowest BCUT2D eigenvalue weighted by Gasteiger charge is -2.08. The number of rotatable bonds is 5. The van der Waals surface area contributed by atoms with E-state index < -0.39 is 0 Å². The first-order valence-electron chi connectivity index (χ1n) is 5.95. The summed E-state index contributed by atoms with van der Waals surface area (Å²) in [5.41, 5.74) is 1.10. The van der Waals surface area contributed by atoms with Crippen molar-refractivity contribution in [2.75, 3.05) is 11.9 Å². The zero-order valence-corrected chi connectivity index (χ0v) is 10.0. The van der Waals surface area contributed by atoms with E-state index in [0.29, 0.717) is 0 Å². The van der Waals surface area contributed by atoms with Crippen LogP contribution >= 0.6 is 0 Å². The van der Waals surface area contributed by atoms with Crippen LogP contribution in [0.2, 0.25) is 0 Å². The highest BCUT2D eigenvalue weighted by atomic mass is 16.5. The lowest BCUT2D eigenvalue weighted by molar-refractivity contribution is 0.483. The third kappa shape index (κ3) is 3.52. The summed E-state index contributed by atoms with van der Waals surface area (Å²) in [5, 5.41) is 3.34. The highest BCUT2D eigenvalue weighted by Crippen LogP contribution is 2.23. The van der Waals surface area contributed by atoms with Crippen molar-refractivity contribution in [3.63, 3.8) is 0 Å². The maximum atomic E-state index is 5.76. The average Bonchev–Trinajstić information content (AvgIpc) is 2.38. The van der Waals surface area contributed by atoms with Crippen molar-refractivity contribution in [3.8, 4) is 11.5 Å². The lowest BCUT2D eigenvalue weighted by atomic mass is 10.3. The molecule has 0 spiro atoms. The summed E-state index contributed by atoms with van der Waals surface area (Å²) in [6.07, 6.45) is 1.11. The molecule has 0 atom stereocenters. The first-order valence-corrected chi connectivity index (χ1v) is 5.95. The third-order valence-corrected chi connectivity index (χ3v) is 2.39. The number of hydrogen-bond acceptors (Lipinski definition) is 2. The van der Waals surface area contributed by atoms with Gasteiger partial charge in [0.2, 0.25) is 0 Å². The van der Waals surface area contributed by atoms with Gasteiger partial charge >= 0.3 is 0 Å². The van der Waals surface area contributed by atoms with E-state index in [1.807, 2.05) is 54.6 Å². The Hall–Kier alpha value is -1.96. The second-order valence-electron chi connectivity index (χ2n) is 3.87. The molecule has 1 N–H and O–H groups in total. The van der Waals surface area contributed by atoms with Crippen LogP contribution in [0.4, 0.5) is 5.69 Å². The van der Waals surface area contributed by atoms with Gasteiger partial charge in [0.1, 0.15) is 11.5 Å². The molecule has 0 amide bonds. The molecule has 0 radical (unpaired) electrons. The van der Waals surface area contributed by atoms with Crippen molar-refractivity contribution >= 4 is 5.69 Å². The Bertz CT molecular complexity index is 453. The van der Waals surface area contributed by atoms with Gasteiger partial charge in [-0.3, -0.25) is 0 Å². The van der Waals surface area contributed by atoms with Crippen molar-refractivity contribution in [1.82, 2.24) is 0 Å². The topological polar surface area (TPSA) is 21.3 Å². The molecule has 0 aliphatic heterocycles. The quantitative estimate of drug-likeness (QED) is 0.822. The Morgan fingerprint density at radius 3 is 2.47 bits per heavy atom. The van der Waals surface area contributed by atoms with Gasteiger partial charge in [-0.2, -0.15) is 0 Å². The molecular weight excluding hydrogens is 210 g/mol. The predicted molar refractivity (Wildman–Crippen MR) is 71.7 cm³/mol. The molecule has 0 bridgehead atoms. The van der Waals surface area contributed by atoms with E-state index in [-0.39, 0.29) is 0 Å². The molecular formula is C15H17NO. The molecule has 0 aromatic heterocycles. The summed E-state index contributed by atoms with van der Waals surface area (Å²) in [6.45, 7) is 3.13. The molecule has 2 nitrogen and oxygen atoms in total. The normalized spacial score (nSPS) is 9.94. The molecule has 2 aromatic rings. The molecule has 0 aliphatic carbocycles. The van der Waals surface area contributed by atoms with E-state index in [2.05, 4.69) is 12.2 Å². The Morgan fingerprint density at radius 1 is 0.941 bits per heavy atom. The van der Waals surface area contributed by atoms with Crippen LogP contribution in [0.25, 0.3) is 0 Å². The summed E-state index contributed by atoms with van der Waals surface area (Å²) in [7, 11) is 0. The van der Waals surface area contributed by atoms with Crippen molar-refractivity contribution in [2.45, 2.75) is 13.3 Å². The number of ether oxygens (including phenoxy) is 1. The number of anilines is 1. The van der Waals surface area contributed by atoms with Gasteiger partial charge in [-0.25, -0.2) is 0 Å². The minimum Gasteiger partial charge on any atom is -0.457 e. The van der Waals surface area contributed by atoms with Gasteiger partial charge in [0.05, 0.1) is 0 Å². The van der Waals surface area contributed by atoms with Crippen molar-refractivity contribution in [1.29, 1.82) is 0 Å². The van der Waals surface area contributed by atoms with Crippen LogP contribution in [-0.4, -0.2) is 6.54 Å². The molecule has 0 heterocycles. The Balaban J connectivity index is 2.06. The molecule has 17 heavy (non-hydrogen) atoms. The van der Waals surface area contributed by atoms with Gasteiger partial charge in [0.25, 0.3) is 0 Å². The minimum absolute atomic E-state index is 0.859. The molecule has 0 fully saturated rings. The second kappa shape index (κ2) is 5.94. The Kier molecular flexibility index (Phi) is 4.03. The smallest absolute Gasteiger partial charge is 0.129 e. The van der Waals surface area contributed by atoms with E-state index >= 15 is 0 Å². The van der Waals surface area contributed by atoms with Crippen LogP contribution in [0, 0.1) is 0 Å². The summed E-state index contributed by atoms with van der Waals surface area (Å²) >= 11 is 0. The van der Waals surface area contributed by atoms with Gasteiger partial charge in [-0.15, -0.1) is 0 Å². The van der Waals surface area contributed by atoms with Gasteiger partial charge in [-0.05, 0) is 30.7 Å². The second-order valence-corrected chi connectivity index (χ2v) is 3.87. The zero-order valence-electron chi connectivity index (χ0n) is 10.0. The molecule has 2 rings (SSSR count). The summed E-state index contributed by atoms with van der Waals surface area (Å²) in [4.78, 5) is 0. The van der Waals surface area contributed by atoms with E-state index in [1.165, 1.54) is 0 Å². The monoisotopic (exact) mass is 227 g/mol. The Labute approximate surface area is 102 Å². The van der Waals surface area contributed by atoms with Crippen LogP contribution in [0.5, 0.6) is 11.5 Å². The SMILES string of the molecule is CCCNc1cccc(Oc2ccccc2)c1. The number of hydrogen-bond donors (Lipinski definition) is 1. The number of nitrogens with one attached hydrogen (secondary N) is 1. The van der Waals surface area contributed by atoms with E-state index in [9.17, 15) is 0 Å². The van der Waals surface area contributed by atoms with Crippen LogP contribution in [-0.2, 0) is 0 Å². The van der Waals surface area contributed by atoms with E-state index in [4.69, 9.17) is 4.74 Å². The molecule has 0 aliphatic rings. The maximum absolute atomic E-state index is 5.76. The van der Waals surface area contributed by atoms with Gasteiger partial charge in [0, 0.05) is 18.3 Å². The van der Waals surface area contributed by atoms with Crippen molar-refractivity contribution in [2.24, 2.45) is 0 Å². The molecule has 0 unspecified atom stereocenters. The fraction of sp³-hybridized carbons (Fsp3) is 0.200. The predicted octanol–water partition coefficient (Wildman–Crippen LogP) is 4.30. The lowest BCUT2D eigenvalue weighted by Crippen LogP contribution is -1.99. The number of para-hydroxylation sites is 1. The first-order chi connectivity index (χ1) is 8.38. The third-order valence-electron chi connectivity index (χ3n) is 2.39. The standard InChI is InChI=1S/C15H17NO/c1-2-11-16-13-7-6-10-15(12-13)17-14-8-4-3-5-9-14/h3-10,12,16H,2,11H2,1H3. The fourth-order valence-electron chi connectivity index (χ4n) is 1.56. The molecule has 0 saturated heterocycles. The van der Waals surface area contributed by atoms with Crippen LogP contribution < -0.4 is 10.1 Å². The minimum atomic E-state index is 0.859. The van der Waals surface area contributed by atoms with Gasteiger partial charge in [-0.1, -0.05) is 31.2 Å². The van der Waals surface area contributed by atoms with Crippen LogP contribution in [0.1, 0.15) is 13.3 Å². The maximum Gasteiger partial charge on any atom is 0.129 e. The number of benzene rings is 2. The van der Waals surface area contributed by atoms with E-state index in [1.54, 1.807) is 0 Å². The molecule has 88 valence electrons. The summed E-state index contributed by atoms with van der Waals surface area (Å²) in [6, 6.07) is 17.8. The molecule has 2 aromatic carbocycles. The molecule has 2 heteroatoms. The highest BCUT2D eigenvalue weighted by Gasteiger charge is 1.97. The average molecular weight is 227 g/mol. The molecule has 0 saturated carbocycles. The van der Waals surface area contributed by atoms with E-state index in [0.717, 1.165) is 30.2 Å². The Morgan fingerprint density at radius 2 is 1.71 bits per heavy atom. The van der Waals surface area contributed by atoms with Crippen LogP contribution in [0.15, 0.2) is 54.6 Å². The van der Waals surface area contributed by atoms with Crippen LogP contribution in [0.3, 0.4) is 0 Å². The first kappa shape index (κ1) is 11.5.